The molecule has 0 saturated heterocycles. The molecule has 0 atom stereocenters. The second-order valence-electron chi connectivity index (χ2n) is 4.34. The molecule has 0 saturated carbocycles. The average molecular weight is 338 g/mol. The van der Waals surface area contributed by atoms with Crippen molar-refractivity contribution >= 4 is 40.5 Å². The molecule has 0 aliphatic heterocycles. The van der Waals surface area contributed by atoms with E-state index in [0.717, 1.165) is 0 Å². The summed E-state index contributed by atoms with van der Waals surface area (Å²) in [7, 11) is 0. The fourth-order valence-corrected chi connectivity index (χ4v) is 2.08. The Labute approximate surface area is 136 Å². The standard InChI is InChI=1S/C15H10Cl2FN3O/c16-12-6-11(2-1-9(12)7-19)21-15(22)8-20-10-3-4-14(18)13(17)5-10/h1-6,20H,8H2,(H,21,22). The molecule has 0 fully saturated rings. The number of nitrogens with zero attached hydrogens (tertiary/aromatic N) is 1. The second kappa shape index (κ2) is 7.12. The first-order valence-corrected chi connectivity index (χ1v) is 6.93. The van der Waals surface area contributed by atoms with Gasteiger partial charge in [-0.3, -0.25) is 4.79 Å². The number of carbonyl (C=O) groups is 1. The number of nitrogens with one attached hydrogen (secondary N) is 2. The monoisotopic (exact) mass is 337 g/mol. The lowest BCUT2D eigenvalue weighted by molar-refractivity contribution is -0.114. The van der Waals surface area contributed by atoms with Crippen LogP contribution < -0.4 is 10.6 Å². The van der Waals surface area contributed by atoms with Gasteiger partial charge in [-0.15, -0.1) is 0 Å². The molecule has 2 aromatic carbocycles. The smallest absolute Gasteiger partial charge is 0.243 e. The highest BCUT2D eigenvalue weighted by molar-refractivity contribution is 6.32. The molecular weight excluding hydrogens is 328 g/mol. The molecule has 1 amide bonds. The molecule has 2 aromatic rings. The van der Waals surface area contributed by atoms with Gasteiger partial charge in [0.2, 0.25) is 5.91 Å². The van der Waals surface area contributed by atoms with E-state index in [1.807, 2.05) is 6.07 Å². The van der Waals surface area contributed by atoms with E-state index in [9.17, 15) is 9.18 Å². The maximum Gasteiger partial charge on any atom is 0.243 e. The van der Waals surface area contributed by atoms with Crippen LogP contribution in [-0.4, -0.2) is 12.5 Å². The number of benzene rings is 2. The van der Waals surface area contributed by atoms with Gasteiger partial charge in [0.05, 0.1) is 22.2 Å². The summed E-state index contributed by atoms with van der Waals surface area (Å²) in [5.74, 6) is -0.842. The highest BCUT2D eigenvalue weighted by atomic mass is 35.5. The Morgan fingerprint density at radius 3 is 2.45 bits per heavy atom. The normalized spacial score (nSPS) is 9.91. The van der Waals surface area contributed by atoms with E-state index >= 15 is 0 Å². The summed E-state index contributed by atoms with van der Waals surface area (Å²) in [6.07, 6.45) is 0. The van der Waals surface area contributed by atoms with Crippen LogP contribution >= 0.6 is 23.2 Å². The fraction of sp³-hybridized carbons (Fsp3) is 0.0667. The van der Waals surface area contributed by atoms with Crippen LogP contribution in [0.15, 0.2) is 36.4 Å². The number of rotatable bonds is 4. The molecule has 0 radical (unpaired) electrons. The zero-order chi connectivity index (χ0) is 16.1. The first kappa shape index (κ1) is 16.1. The number of nitriles is 1. The first-order valence-electron chi connectivity index (χ1n) is 6.18. The molecule has 0 spiro atoms. The van der Waals surface area contributed by atoms with Crippen LogP contribution in [0, 0.1) is 17.1 Å². The summed E-state index contributed by atoms with van der Waals surface area (Å²) in [5, 5.41) is 14.5. The molecular formula is C15H10Cl2FN3O. The van der Waals surface area contributed by atoms with Crippen molar-refractivity contribution < 1.29 is 9.18 Å². The summed E-state index contributed by atoms with van der Waals surface area (Å²) in [5.41, 5.74) is 1.34. The predicted molar refractivity (Wildman–Crippen MR) is 84.7 cm³/mol. The molecule has 4 nitrogen and oxygen atoms in total. The largest absolute Gasteiger partial charge is 0.376 e. The maximum absolute atomic E-state index is 13.0. The van der Waals surface area contributed by atoms with Crippen LogP contribution in [0.4, 0.5) is 15.8 Å². The number of anilines is 2. The minimum absolute atomic E-state index is 0.0238. The molecule has 0 aliphatic rings. The van der Waals surface area contributed by atoms with Gasteiger partial charge >= 0.3 is 0 Å². The average Bonchev–Trinajstić information content (AvgIpc) is 2.49. The van der Waals surface area contributed by atoms with E-state index in [4.69, 9.17) is 28.5 Å². The molecule has 0 unspecified atom stereocenters. The predicted octanol–water partition coefficient (Wildman–Crippen LogP) is 4.05. The van der Waals surface area contributed by atoms with Crippen molar-refractivity contribution in [2.24, 2.45) is 0 Å². The molecule has 0 bridgehead atoms. The van der Waals surface area contributed by atoms with Gasteiger partial charge < -0.3 is 10.6 Å². The van der Waals surface area contributed by atoms with Gasteiger partial charge in [0.15, 0.2) is 0 Å². The van der Waals surface area contributed by atoms with Gasteiger partial charge in [-0.2, -0.15) is 5.26 Å². The van der Waals surface area contributed by atoms with E-state index < -0.39 is 5.82 Å². The van der Waals surface area contributed by atoms with E-state index in [1.165, 1.54) is 30.3 Å². The summed E-state index contributed by atoms with van der Waals surface area (Å²) in [6.45, 7) is -0.0282. The molecule has 2 N–H and O–H groups in total. The molecule has 2 rings (SSSR count). The van der Waals surface area contributed by atoms with Crippen molar-refractivity contribution in [3.63, 3.8) is 0 Å². The Hall–Kier alpha value is -2.29. The van der Waals surface area contributed by atoms with Crippen molar-refractivity contribution in [3.8, 4) is 6.07 Å². The van der Waals surface area contributed by atoms with Crippen LogP contribution in [0.3, 0.4) is 0 Å². The molecule has 112 valence electrons. The summed E-state index contributed by atoms with van der Waals surface area (Å²) >= 11 is 11.5. The van der Waals surface area contributed by atoms with Gasteiger partial charge in [-0.25, -0.2) is 4.39 Å². The van der Waals surface area contributed by atoms with Crippen LogP contribution in [0.25, 0.3) is 0 Å². The van der Waals surface area contributed by atoms with Gasteiger partial charge in [0, 0.05) is 11.4 Å². The van der Waals surface area contributed by atoms with Gasteiger partial charge in [0.1, 0.15) is 11.9 Å². The van der Waals surface area contributed by atoms with Gasteiger partial charge in [-0.1, -0.05) is 23.2 Å². The van der Waals surface area contributed by atoms with Gasteiger partial charge in [-0.05, 0) is 36.4 Å². The topological polar surface area (TPSA) is 64.9 Å². The Morgan fingerprint density at radius 1 is 1.14 bits per heavy atom. The Morgan fingerprint density at radius 2 is 1.82 bits per heavy atom. The number of carbonyl (C=O) groups excluding carboxylic acids is 1. The van der Waals surface area contributed by atoms with Crippen LogP contribution in [-0.2, 0) is 4.79 Å². The van der Waals surface area contributed by atoms with Crippen molar-refractivity contribution in [1.29, 1.82) is 5.26 Å². The highest BCUT2D eigenvalue weighted by Gasteiger charge is 2.06. The lowest BCUT2D eigenvalue weighted by Crippen LogP contribution is -2.21. The molecule has 7 heteroatoms. The van der Waals surface area contributed by atoms with Crippen LogP contribution in [0.1, 0.15) is 5.56 Å². The molecule has 22 heavy (non-hydrogen) atoms. The first-order chi connectivity index (χ1) is 10.5. The minimum atomic E-state index is -0.524. The summed E-state index contributed by atoms with van der Waals surface area (Å²) in [6, 6.07) is 10.6. The Kier molecular flexibility index (Phi) is 5.21. The Balaban J connectivity index is 1.94. The maximum atomic E-state index is 13.0. The van der Waals surface area contributed by atoms with E-state index in [0.29, 0.717) is 16.9 Å². The van der Waals surface area contributed by atoms with E-state index in [-0.39, 0.29) is 22.5 Å². The van der Waals surface area contributed by atoms with Crippen molar-refractivity contribution in [1.82, 2.24) is 0 Å². The lowest BCUT2D eigenvalue weighted by Gasteiger charge is -2.09. The zero-order valence-corrected chi connectivity index (χ0v) is 12.7. The second-order valence-corrected chi connectivity index (χ2v) is 5.15. The SMILES string of the molecule is N#Cc1ccc(NC(=O)CNc2ccc(F)c(Cl)c2)cc1Cl. The van der Waals surface area contributed by atoms with Gasteiger partial charge in [0.25, 0.3) is 0 Å². The lowest BCUT2D eigenvalue weighted by atomic mass is 10.2. The van der Waals surface area contributed by atoms with Crippen molar-refractivity contribution in [2.75, 3.05) is 17.2 Å². The van der Waals surface area contributed by atoms with Crippen molar-refractivity contribution in [2.45, 2.75) is 0 Å². The number of halogens is 3. The zero-order valence-electron chi connectivity index (χ0n) is 11.2. The third-order valence-corrected chi connectivity index (χ3v) is 3.35. The minimum Gasteiger partial charge on any atom is -0.376 e. The highest BCUT2D eigenvalue weighted by Crippen LogP contribution is 2.21. The summed E-state index contributed by atoms with van der Waals surface area (Å²) < 4.78 is 13.0. The van der Waals surface area contributed by atoms with Crippen molar-refractivity contribution in [3.05, 3.63) is 57.8 Å². The van der Waals surface area contributed by atoms with E-state index in [1.54, 1.807) is 6.07 Å². The quantitative estimate of drug-likeness (QED) is 0.884. The summed E-state index contributed by atoms with van der Waals surface area (Å²) in [4.78, 5) is 11.8. The molecule has 0 aromatic heterocycles. The molecule has 0 aliphatic carbocycles. The third-order valence-electron chi connectivity index (χ3n) is 2.75. The third kappa shape index (κ3) is 4.10. The van der Waals surface area contributed by atoms with Crippen LogP contribution in [0.2, 0.25) is 10.0 Å². The van der Waals surface area contributed by atoms with E-state index in [2.05, 4.69) is 10.6 Å². The fourth-order valence-electron chi connectivity index (χ4n) is 1.68. The number of hydrogen-bond donors (Lipinski definition) is 2. The molecule has 0 heterocycles. The number of hydrogen-bond acceptors (Lipinski definition) is 3. The Bertz CT molecular complexity index is 759. The van der Waals surface area contributed by atoms with Crippen LogP contribution in [0.5, 0.6) is 0 Å². The number of amides is 1.